The van der Waals surface area contributed by atoms with Crippen molar-refractivity contribution >= 4 is 11.8 Å². The summed E-state index contributed by atoms with van der Waals surface area (Å²) in [5.41, 5.74) is 7.49. The molecule has 0 radical (unpaired) electrons. The van der Waals surface area contributed by atoms with Crippen molar-refractivity contribution in [2.45, 2.75) is 32.9 Å². The SMILES string of the molecule is CCOc1cc2c(cc1CNC(=O)COc1ccccc1C(N)=O)O[C@H](C)C2. The Morgan fingerprint density at radius 1 is 1.21 bits per heavy atom. The van der Waals surface area contributed by atoms with Gasteiger partial charge >= 0.3 is 0 Å². The van der Waals surface area contributed by atoms with Gasteiger partial charge in [0.2, 0.25) is 0 Å². The molecule has 3 N–H and O–H groups in total. The molecule has 7 heteroatoms. The molecular formula is C21H24N2O5. The molecule has 7 nitrogen and oxygen atoms in total. The minimum Gasteiger partial charge on any atom is -0.494 e. The molecule has 2 aromatic rings. The van der Waals surface area contributed by atoms with E-state index in [-0.39, 0.29) is 36.5 Å². The topological polar surface area (TPSA) is 99.9 Å². The van der Waals surface area contributed by atoms with Crippen LogP contribution in [0.1, 0.15) is 35.3 Å². The van der Waals surface area contributed by atoms with Gasteiger partial charge in [-0.3, -0.25) is 9.59 Å². The van der Waals surface area contributed by atoms with E-state index < -0.39 is 5.91 Å². The lowest BCUT2D eigenvalue weighted by atomic mass is 10.1. The summed E-state index contributed by atoms with van der Waals surface area (Å²) in [5, 5.41) is 2.80. The smallest absolute Gasteiger partial charge is 0.258 e. The predicted molar refractivity (Wildman–Crippen MR) is 104 cm³/mol. The van der Waals surface area contributed by atoms with Crippen molar-refractivity contribution in [3.8, 4) is 17.2 Å². The summed E-state index contributed by atoms with van der Waals surface area (Å²) in [6.45, 7) is 4.51. The number of para-hydroxylation sites is 1. The highest BCUT2D eigenvalue weighted by atomic mass is 16.5. The van der Waals surface area contributed by atoms with Crippen molar-refractivity contribution in [2.75, 3.05) is 13.2 Å². The van der Waals surface area contributed by atoms with Crippen molar-refractivity contribution in [1.82, 2.24) is 5.32 Å². The van der Waals surface area contributed by atoms with Gasteiger partial charge in [-0.05, 0) is 38.1 Å². The van der Waals surface area contributed by atoms with Crippen molar-refractivity contribution in [2.24, 2.45) is 5.73 Å². The molecule has 0 fully saturated rings. The average molecular weight is 384 g/mol. The zero-order chi connectivity index (χ0) is 20.1. The molecule has 148 valence electrons. The quantitative estimate of drug-likeness (QED) is 0.727. The zero-order valence-electron chi connectivity index (χ0n) is 16.0. The largest absolute Gasteiger partial charge is 0.494 e. The Morgan fingerprint density at radius 2 is 2.00 bits per heavy atom. The van der Waals surface area contributed by atoms with Gasteiger partial charge in [0.05, 0.1) is 12.2 Å². The molecule has 1 aliphatic heterocycles. The maximum absolute atomic E-state index is 12.2. The second-order valence-corrected chi connectivity index (χ2v) is 6.56. The van der Waals surface area contributed by atoms with Gasteiger partial charge in [0.1, 0.15) is 23.4 Å². The number of fused-ring (bicyclic) bond motifs is 1. The lowest BCUT2D eigenvalue weighted by Gasteiger charge is -2.14. The first-order valence-corrected chi connectivity index (χ1v) is 9.21. The number of amides is 2. The second-order valence-electron chi connectivity index (χ2n) is 6.56. The van der Waals surface area contributed by atoms with Crippen LogP contribution in [0.15, 0.2) is 36.4 Å². The van der Waals surface area contributed by atoms with Gasteiger partial charge < -0.3 is 25.3 Å². The normalized spacial score (nSPS) is 14.7. The van der Waals surface area contributed by atoms with E-state index in [1.54, 1.807) is 24.3 Å². The molecule has 0 saturated heterocycles. The van der Waals surface area contributed by atoms with Gasteiger partial charge in [-0.1, -0.05) is 12.1 Å². The van der Waals surface area contributed by atoms with Crippen molar-refractivity contribution in [3.63, 3.8) is 0 Å². The minimum absolute atomic E-state index is 0.132. The fourth-order valence-electron chi connectivity index (χ4n) is 3.09. The summed E-state index contributed by atoms with van der Waals surface area (Å²) in [5.74, 6) is 0.910. The molecule has 0 saturated carbocycles. The van der Waals surface area contributed by atoms with E-state index in [9.17, 15) is 9.59 Å². The molecule has 0 aromatic heterocycles. The van der Waals surface area contributed by atoms with E-state index in [1.165, 1.54) is 0 Å². The first kappa shape index (κ1) is 19.5. The fraction of sp³-hybridized carbons (Fsp3) is 0.333. The lowest BCUT2D eigenvalue weighted by Crippen LogP contribution is -2.29. The van der Waals surface area contributed by atoms with Gasteiger partial charge in [-0.25, -0.2) is 0 Å². The number of benzene rings is 2. The van der Waals surface area contributed by atoms with Crippen molar-refractivity contribution < 1.29 is 23.8 Å². The highest BCUT2D eigenvalue weighted by molar-refractivity contribution is 5.95. The Morgan fingerprint density at radius 3 is 2.75 bits per heavy atom. The number of nitrogens with two attached hydrogens (primary N) is 1. The Kier molecular flexibility index (Phi) is 6.03. The summed E-state index contributed by atoms with van der Waals surface area (Å²) in [6.07, 6.45) is 0.975. The first-order valence-electron chi connectivity index (χ1n) is 9.21. The number of carbonyl (C=O) groups is 2. The van der Waals surface area contributed by atoms with Gasteiger partial charge in [-0.2, -0.15) is 0 Å². The van der Waals surface area contributed by atoms with Gasteiger partial charge in [-0.15, -0.1) is 0 Å². The number of ether oxygens (including phenoxy) is 3. The lowest BCUT2D eigenvalue weighted by molar-refractivity contribution is -0.123. The molecular weight excluding hydrogens is 360 g/mol. The second kappa shape index (κ2) is 8.65. The Hall–Kier alpha value is -3.22. The third kappa shape index (κ3) is 4.54. The highest BCUT2D eigenvalue weighted by Gasteiger charge is 2.22. The monoisotopic (exact) mass is 384 g/mol. The van der Waals surface area contributed by atoms with Crippen molar-refractivity contribution in [3.05, 3.63) is 53.1 Å². The first-order chi connectivity index (χ1) is 13.5. The van der Waals surface area contributed by atoms with Crippen LogP contribution < -0.4 is 25.3 Å². The Balaban J connectivity index is 1.62. The van der Waals surface area contributed by atoms with Gasteiger partial charge in [0, 0.05) is 24.1 Å². The molecule has 0 bridgehead atoms. The van der Waals surface area contributed by atoms with E-state index in [4.69, 9.17) is 19.9 Å². The molecule has 1 aliphatic rings. The van der Waals surface area contributed by atoms with Crippen molar-refractivity contribution in [1.29, 1.82) is 0 Å². The van der Waals surface area contributed by atoms with E-state index >= 15 is 0 Å². The highest BCUT2D eigenvalue weighted by Crippen LogP contribution is 2.35. The number of hydrogen-bond donors (Lipinski definition) is 2. The zero-order valence-corrected chi connectivity index (χ0v) is 16.0. The van der Waals surface area contributed by atoms with E-state index in [2.05, 4.69) is 5.32 Å². The Bertz CT molecular complexity index is 881. The molecule has 0 unspecified atom stereocenters. The Labute approximate surface area is 163 Å². The van der Waals surface area contributed by atoms with Crippen LogP contribution in [0.3, 0.4) is 0 Å². The number of nitrogens with one attached hydrogen (secondary N) is 1. The van der Waals surface area contributed by atoms with Crippen LogP contribution in [-0.4, -0.2) is 31.1 Å². The predicted octanol–water partition coefficient (Wildman–Crippen LogP) is 2.20. The van der Waals surface area contributed by atoms with Crippen LogP contribution in [0.25, 0.3) is 0 Å². The van der Waals surface area contributed by atoms with Gasteiger partial charge in [0.25, 0.3) is 11.8 Å². The standard InChI is InChI=1S/C21H24N2O5/c1-3-26-18-9-14-8-13(2)28-19(14)10-15(18)11-23-20(24)12-27-17-7-5-4-6-16(17)21(22)25/h4-7,9-10,13H,3,8,11-12H2,1-2H3,(H2,22,25)(H,23,24)/t13-/m1/s1. The molecule has 3 rings (SSSR count). The van der Waals surface area contributed by atoms with E-state index in [0.717, 1.165) is 29.0 Å². The molecule has 1 atom stereocenters. The van der Waals surface area contributed by atoms with Crippen LogP contribution in [0.4, 0.5) is 0 Å². The van der Waals surface area contributed by atoms with Gasteiger partial charge in [0.15, 0.2) is 6.61 Å². The van der Waals surface area contributed by atoms with Crippen LogP contribution >= 0.6 is 0 Å². The van der Waals surface area contributed by atoms with E-state index in [1.807, 2.05) is 26.0 Å². The van der Waals surface area contributed by atoms with Crippen LogP contribution in [0, 0.1) is 0 Å². The number of hydrogen-bond acceptors (Lipinski definition) is 5. The third-order valence-corrected chi connectivity index (χ3v) is 4.37. The van der Waals surface area contributed by atoms with E-state index in [0.29, 0.717) is 6.61 Å². The third-order valence-electron chi connectivity index (χ3n) is 4.37. The minimum atomic E-state index is -0.607. The molecule has 2 amide bonds. The fourth-order valence-corrected chi connectivity index (χ4v) is 3.09. The summed E-state index contributed by atoms with van der Waals surface area (Å²) < 4.78 is 16.9. The van der Waals surface area contributed by atoms with Crippen LogP contribution in [-0.2, 0) is 17.8 Å². The summed E-state index contributed by atoms with van der Waals surface area (Å²) in [4.78, 5) is 23.6. The number of rotatable bonds is 8. The molecule has 1 heterocycles. The molecule has 2 aromatic carbocycles. The summed E-state index contributed by atoms with van der Waals surface area (Å²) >= 11 is 0. The molecule has 0 aliphatic carbocycles. The maximum Gasteiger partial charge on any atom is 0.258 e. The van der Waals surface area contributed by atoms with Crippen LogP contribution in [0.2, 0.25) is 0 Å². The average Bonchev–Trinajstić information content (AvgIpc) is 3.03. The maximum atomic E-state index is 12.2. The number of primary amides is 1. The summed E-state index contributed by atoms with van der Waals surface area (Å²) in [7, 11) is 0. The number of carbonyl (C=O) groups excluding carboxylic acids is 2. The van der Waals surface area contributed by atoms with Crippen LogP contribution in [0.5, 0.6) is 17.2 Å². The molecule has 0 spiro atoms. The molecule has 28 heavy (non-hydrogen) atoms. The summed E-state index contributed by atoms with van der Waals surface area (Å²) in [6, 6.07) is 10.4.